The lowest BCUT2D eigenvalue weighted by Crippen LogP contribution is -2.29. The molecule has 2 N–H and O–H groups in total. The molecule has 1 saturated heterocycles. The molecule has 2 aromatic heterocycles. The number of furan rings is 1. The van der Waals surface area contributed by atoms with E-state index in [1.807, 2.05) is 10.9 Å². The van der Waals surface area contributed by atoms with Gasteiger partial charge in [-0.3, -0.25) is 9.48 Å². The summed E-state index contributed by atoms with van der Waals surface area (Å²) in [4.78, 5) is 12.1. The number of hydrogen-bond acceptors (Lipinski definition) is 4. The minimum atomic E-state index is -0.166. The van der Waals surface area contributed by atoms with Crippen LogP contribution in [0.25, 0.3) is 0 Å². The second kappa shape index (κ2) is 5.50. The van der Waals surface area contributed by atoms with Crippen LogP contribution in [0.1, 0.15) is 35.0 Å². The van der Waals surface area contributed by atoms with Crippen molar-refractivity contribution in [2.75, 3.05) is 18.4 Å². The third-order valence-electron chi connectivity index (χ3n) is 3.65. The maximum Gasteiger partial charge on any atom is 0.259 e. The lowest BCUT2D eigenvalue weighted by Gasteiger charge is -2.22. The van der Waals surface area contributed by atoms with Gasteiger partial charge in [0.15, 0.2) is 0 Å². The van der Waals surface area contributed by atoms with Crippen molar-refractivity contribution in [1.82, 2.24) is 15.1 Å². The van der Waals surface area contributed by atoms with E-state index in [0.717, 1.165) is 25.9 Å². The maximum absolute atomic E-state index is 12.1. The second-order valence-electron chi connectivity index (χ2n) is 5.03. The molecule has 6 heteroatoms. The highest BCUT2D eigenvalue weighted by molar-refractivity contribution is 6.04. The molecule has 20 heavy (non-hydrogen) atoms. The lowest BCUT2D eigenvalue weighted by molar-refractivity contribution is 0.102. The first-order valence-electron chi connectivity index (χ1n) is 6.84. The zero-order valence-electron chi connectivity index (χ0n) is 11.4. The Morgan fingerprint density at radius 3 is 3.00 bits per heavy atom. The quantitative estimate of drug-likeness (QED) is 0.897. The van der Waals surface area contributed by atoms with Crippen LogP contribution in [-0.2, 0) is 0 Å². The van der Waals surface area contributed by atoms with E-state index in [1.54, 1.807) is 19.2 Å². The molecule has 1 aliphatic heterocycles. The molecule has 0 aromatic carbocycles. The Kier molecular flexibility index (Phi) is 3.56. The molecule has 0 bridgehead atoms. The van der Waals surface area contributed by atoms with Gasteiger partial charge in [-0.2, -0.15) is 5.10 Å². The van der Waals surface area contributed by atoms with E-state index >= 15 is 0 Å². The molecule has 6 nitrogen and oxygen atoms in total. The number of piperidine rings is 1. The van der Waals surface area contributed by atoms with Crippen LogP contribution in [0, 0.1) is 6.92 Å². The Morgan fingerprint density at radius 1 is 1.50 bits per heavy atom. The summed E-state index contributed by atoms with van der Waals surface area (Å²) in [6.07, 6.45) is 7.23. The van der Waals surface area contributed by atoms with Crippen LogP contribution in [0.15, 0.2) is 29.1 Å². The van der Waals surface area contributed by atoms with Crippen molar-refractivity contribution in [3.63, 3.8) is 0 Å². The molecule has 0 radical (unpaired) electrons. The number of hydrogen-bond donors (Lipinski definition) is 2. The van der Waals surface area contributed by atoms with Crippen LogP contribution in [0.2, 0.25) is 0 Å². The van der Waals surface area contributed by atoms with E-state index in [4.69, 9.17) is 4.42 Å². The van der Waals surface area contributed by atoms with E-state index in [1.165, 1.54) is 6.26 Å². The molecule has 0 atom stereocenters. The van der Waals surface area contributed by atoms with Gasteiger partial charge in [-0.1, -0.05) is 0 Å². The van der Waals surface area contributed by atoms with Crippen molar-refractivity contribution in [2.24, 2.45) is 0 Å². The van der Waals surface area contributed by atoms with Crippen LogP contribution in [0.4, 0.5) is 5.69 Å². The molecular weight excluding hydrogens is 256 g/mol. The fraction of sp³-hybridized carbons (Fsp3) is 0.429. The highest BCUT2D eigenvalue weighted by Gasteiger charge is 2.17. The molecule has 0 saturated carbocycles. The van der Waals surface area contributed by atoms with E-state index in [0.29, 0.717) is 23.1 Å². The normalized spacial score (nSPS) is 16.2. The van der Waals surface area contributed by atoms with Gasteiger partial charge in [0.2, 0.25) is 0 Å². The van der Waals surface area contributed by atoms with Gasteiger partial charge in [0, 0.05) is 6.20 Å². The van der Waals surface area contributed by atoms with Crippen LogP contribution in [0.3, 0.4) is 0 Å². The number of anilines is 1. The fourth-order valence-corrected chi connectivity index (χ4v) is 2.49. The molecule has 3 rings (SSSR count). The van der Waals surface area contributed by atoms with Crippen molar-refractivity contribution in [3.8, 4) is 0 Å². The largest absolute Gasteiger partial charge is 0.469 e. The molecule has 2 aromatic rings. The Labute approximate surface area is 117 Å². The zero-order chi connectivity index (χ0) is 13.9. The topological polar surface area (TPSA) is 72.1 Å². The molecule has 106 valence electrons. The average Bonchev–Trinajstić information content (AvgIpc) is 3.09. The SMILES string of the molecule is Cc1occc1C(=O)Nc1cnn(C2CCNCC2)c1. The summed E-state index contributed by atoms with van der Waals surface area (Å²) in [5.74, 6) is 0.453. The highest BCUT2D eigenvalue weighted by atomic mass is 16.3. The summed E-state index contributed by atoms with van der Waals surface area (Å²) >= 11 is 0. The van der Waals surface area contributed by atoms with Crippen LogP contribution in [-0.4, -0.2) is 28.8 Å². The number of amides is 1. The second-order valence-corrected chi connectivity index (χ2v) is 5.03. The van der Waals surface area contributed by atoms with Crippen LogP contribution < -0.4 is 10.6 Å². The van der Waals surface area contributed by atoms with Gasteiger partial charge >= 0.3 is 0 Å². The summed E-state index contributed by atoms with van der Waals surface area (Å²) in [6.45, 7) is 3.80. The van der Waals surface area contributed by atoms with Gasteiger partial charge in [0.1, 0.15) is 5.76 Å². The molecular formula is C14H18N4O2. The number of carbonyl (C=O) groups excluding carboxylic acids is 1. The highest BCUT2D eigenvalue weighted by Crippen LogP contribution is 2.20. The number of rotatable bonds is 3. The Morgan fingerprint density at radius 2 is 2.30 bits per heavy atom. The molecule has 1 amide bonds. The van der Waals surface area contributed by atoms with Gasteiger partial charge in [0.25, 0.3) is 5.91 Å². The molecule has 3 heterocycles. The Bertz CT molecular complexity index is 596. The minimum Gasteiger partial charge on any atom is -0.469 e. The van der Waals surface area contributed by atoms with Gasteiger partial charge < -0.3 is 15.1 Å². The smallest absolute Gasteiger partial charge is 0.259 e. The van der Waals surface area contributed by atoms with Crippen molar-refractivity contribution < 1.29 is 9.21 Å². The standard InChI is InChI=1S/C14H18N4O2/c1-10-13(4-7-20-10)14(19)17-11-8-16-18(9-11)12-2-5-15-6-3-12/h4,7-9,12,15H,2-3,5-6H2,1H3,(H,17,19). The van der Waals surface area contributed by atoms with Gasteiger partial charge in [-0.05, 0) is 38.9 Å². The molecule has 1 aliphatic rings. The molecule has 0 spiro atoms. The van der Waals surface area contributed by atoms with Crippen molar-refractivity contribution in [3.05, 3.63) is 36.0 Å². The van der Waals surface area contributed by atoms with E-state index < -0.39 is 0 Å². The van der Waals surface area contributed by atoms with E-state index in [2.05, 4.69) is 15.7 Å². The lowest BCUT2D eigenvalue weighted by atomic mass is 10.1. The summed E-state index contributed by atoms with van der Waals surface area (Å²) in [5.41, 5.74) is 1.27. The number of nitrogens with one attached hydrogen (secondary N) is 2. The number of aromatic nitrogens is 2. The summed E-state index contributed by atoms with van der Waals surface area (Å²) < 4.78 is 7.08. The first kappa shape index (κ1) is 12.9. The van der Waals surface area contributed by atoms with Crippen molar-refractivity contribution >= 4 is 11.6 Å². The van der Waals surface area contributed by atoms with Crippen molar-refractivity contribution in [1.29, 1.82) is 0 Å². The summed E-state index contributed by atoms with van der Waals surface area (Å²) in [5, 5.41) is 10.5. The van der Waals surface area contributed by atoms with Crippen LogP contribution in [0.5, 0.6) is 0 Å². The Hall–Kier alpha value is -2.08. The first-order chi connectivity index (χ1) is 9.74. The van der Waals surface area contributed by atoms with Gasteiger partial charge in [-0.25, -0.2) is 0 Å². The number of aryl methyl sites for hydroxylation is 1. The fourth-order valence-electron chi connectivity index (χ4n) is 2.49. The monoisotopic (exact) mass is 274 g/mol. The molecule has 0 unspecified atom stereocenters. The van der Waals surface area contributed by atoms with Gasteiger partial charge in [0.05, 0.1) is 29.8 Å². The average molecular weight is 274 g/mol. The summed E-state index contributed by atoms with van der Waals surface area (Å²) in [7, 11) is 0. The zero-order valence-corrected chi connectivity index (χ0v) is 11.4. The third-order valence-corrected chi connectivity index (χ3v) is 3.65. The number of carbonyl (C=O) groups is 1. The third kappa shape index (κ3) is 2.60. The van der Waals surface area contributed by atoms with E-state index in [9.17, 15) is 4.79 Å². The van der Waals surface area contributed by atoms with Crippen LogP contribution >= 0.6 is 0 Å². The van der Waals surface area contributed by atoms with Crippen molar-refractivity contribution in [2.45, 2.75) is 25.8 Å². The minimum absolute atomic E-state index is 0.166. The first-order valence-corrected chi connectivity index (χ1v) is 6.84. The predicted molar refractivity (Wildman–Crippen MR) is 74.8 cm³/mol. The Balaban J connectivity index is 1.68. The van der Waals surface area contributed by atoms with Gasteiger partial charge in [-0.15, -0.1) is 0 Å². The number of nitrogens with zero attached hydrogens (tertiary/aromatic N) is 2. The molecule has 0 aliphatic carbocycles. The summed E-state index contributed by atoms with van der Waals surface area (Å²) in [6, 6.07) is 2.08. The molecule has 1 fully saturated rings. The maximum atomic E-state index is 12.1. The predicted octanol–water partition coefficient (Wildman–Crippen LogP) is 1.96. The van der Waals surface area contributed by atoms with E-state index in [-0.39, 0.29) is 5.91 Å².